The van der Waals surface area contributed by atoms with Crippen molar-refractivity contribution in [3.8, 4) is 11.5 Å². The first-order chi connectivity index (χ1) is 15.8. The fourth-order valence-electron chi connectivity index (χ4n) is 3.36. The minimum Gasteiger partial charge on any atom is -0.457 e. The Morgan fingerprint density at radius 3 is 2.67 bits per heavy atom. The fourth-order valence-corrected chi connectivity index (χ4v) is 3.36. The Labute approximate surface area is 194 Å². The van der Waals surface area contributed by atoms with Gasteiger partial charge in [-0.3, -0.25) is 9.78 Å². The molecule has 0 radical (unpaired) electrons. The lowest BCUT2D eigenvalue weighted by Gasteiger charge is -2.14. The summed E-state index contributed by atoms with van der Waals surface area (Å²) in [5.41, 5.74) is 4.45. The molecule has 0 bridgehead atoms. The van der Waals surface area contributed by atoms with Crippen LogP contribution >= 0.6 is 0 Å². The molecule has 0 saturated heterocycles. The van der Waals surface area contributed by atoms with Crippen LogP contribution in [0.25, 0.3) is 5.57 Å². The lowest BCUT2D eigenvalue weighted by molar-refractivity contribution is 0.0950. The molecule has 33 heavy (non-hydrogen) atoms. The minimum atomic E-state index is -0.432. The fraction of sp³-hybridized carbons (Fsp3) is 0.185. The van der Waals surface area contributed by atoms with Gasteiger partial charge in [0.15, 0.2) is 0 Å². The van der Waals surface area contributed by atoms with E-state index < -0.39 is 5.82 Å². The lowest BCUT2D eigenvalue weighted by Crippen LogP contribution is -2.24. The van der Waals surface area contributed by atoms with Gasteiger partial charge in [0.25, 0.3) is 5.91 Å². The van der Waals surface area contributed by atoms with Crippen LogP contribution in [0.3, 0.4) is 0 Å². The highest BCUT2D eigenvalue weighted by Crippen LogP contribution is 2.29. The highest BCUT2D eigenvalue weighted by Gasteiger charge is 2.14. The summed E-state index contributed by atoms with van der Waals surface area (Å²) in [6.07, 6.45) is 4.94. The molecular weight excluding hydrogens is 417 g/mol. The molecule has 5 nitrogen and oxygen atoms in total. The number of pyridine rings is 1. The lowest BCUT2D eigenvalue weighted by atomic mass is 10.1. The number of allylic oxidation sites excluding steroid dienone is 2. The highest BCUT2D eigenvalue weighted by molar-refractivity contribution is 5.96. The molecule has 0 aliphatic carbocycles. The Bertz CT molecular complexity index is 1200. The van der Waals surface area contributed by atoms with E-state index in [1.54, 1.807) is 25.1 Å². The molecule has 1 aromatic heterocycles. The van der Waals surface area contributed by atoms with Crippen LogP contribution in [0.4, 0.5) is 4.39 Å². The molecule has 0 atom stereocenters. The van der Waals surface area contributed by atoms with E-state index in [0.29, 0.717) is 33.9 Å². The van der Waals surface area contributed by atoms with E-state index in [1.807, 2.05) is 62.5 Å². The summed E-state index contributed by atoms with van der Waals surface area (Å²) in [4.78, 5) is 18.8. The van der Waals surface area contributed by atoms with Gasteiger partial charge in [0.1, 0.15) is 17.3 Å². The SMILES string of the molecule is C=C/C(=C\N(C)C)c1cccc(Oc2cccc(C(=O)NCc3cc(F)cnc3C)c2C)c1. The van der Waals surface area contributed by atoms with Crippen LogP contribution in [0, 0.1) is 19.7 Å². The highest BCUT2D eigenvalue weighted by atomic mass is 19.1. The average molecular weight is 446 g/mol. The number of amides is 1. The molecule has 3 aromatic rings. The van der Waals surface area contributed by atoms with Crippen LogP contribution in [0.1, 0.15) is 32.7 Å². The predicted octanol–water partition coefficient (Wildman–Crippen LogP) is 5.65. The molecule has 0 aliphatic heterocycles. The molecule has 0 fully saturated rings. The van der Waals surface area contributed by atoms with Crippen molar-refractivity contribution in [1.82, 2.24) is 15.2 Å². The zero-order chi connectivity index (χ0) is 24.0. The first-order valence-corrected chi connectivity index (χ1v) is 10.6. The second-order valence-electron chi connectivity index (χ2n) is 7.89. The van der Waals surface area contributed by atoms with E-state index in [2.05, 4.69) is 16.9 Å². The van der Waals surface area contributed by atoms with Gasteiger partial charge in [-0.15, -0.1) is 0 Å². The zero-order valence-electron chi connectivity index (χ0n) is 19.4. The molecule has 1 N–H and O–H groups in total. The van der Waals surface area contributed by atoms with E-state index in [0.717, 1.165) is 17.3 Å². The third kappa shape index (κ3) is 6.07. The van der Waals surface area contributed by atoms with Crippen LogP contribution < -0.4 is 10.1 Å². The van der Waals surface area contributed by atoms with Crippen LogP contribution in [0.15, 0.2) is 73.6 Å². The molecule has 1 amide bonds. The Kier molecular flexibility index (Phi) is 7.61. The number of carbonyl (C=O) groups is 1. The van der Waals surface area contributed by atoms with Crippen molar-refractivity contribution in [2.75, 3.05) is 14.1 Å². The Morgan fingerprint density at radius 2 is 1.94 bits per heavy atom. The van der Waals surface area contributed by atoms with Crippen molar-refractivity contribution >= 4 is 11.5 Å². The number of ether oxygens (including phenoxy) is 1. The number of hydrogen-bond acceptors (Lipinski definition) is 4. The Balaban J connectivity index is 1.79. The molecular formula is C27H28FN3O2. The Morgan fingerprint density at radius 1 is 1.18 bits per heavy atom. The van der Waals surface area contributed by atoms with Gasteiger partial charge < -0.3 is 15.0 Å². The summed E-state index contributed by atoms with van der Waals surface area (Å²) in [6, 6.07) is 14.4. The molecule has 3 rings (SSSR count). The second kappa shape index (κ2) is 10.6. The number of nitrogens with zero attached hydrogens (tertiary/aromatic N) is 2. The predicted molar refractivity (Wildman–Crippen MR) is 130 cm³/mol. The summed E-state index contributed by atoms with van der Waals surface area (Å²) in [6.45, 7) is 7.69. The van der Waals surface area contributed by atoms with E-state index in [1.165, 1.54) is 6.07 Å². The zero-order valence-corrected chi connectivity index (χ0v) is 19.4. The molecule has 0 aliphatic rings. The minimum absolute atomic E-state index is 0.185. The number of benzene rings is 2. The van der Waals surface area contributed by atoms with E-state index >= 15 is 0 Å². The number of nitrogens with one attached hydrogen (secondary N) is 1. The van der Waals surface area contributed by atoms with Crippen molar-refractivity contribution in [2.45, 2.75) is 20.4 Å². The van der Waals surface area contributed by atoms with Gasteiger partial charge in [0, 0.05) is 43.7 Å². The second-order valence-corrected chi connectivity index (χ2v) is 7.89. The molecule has 2 aromatic carbocycles. The van der Waals surface area contributed by atoms with Crippen LogP contribution in [-0.2, 0) is 6.54 Å². The van der Waals surface area contributed by atoms with Crippen molar-refractivity contribution in [3.05, 3.63) is 107 Å². The first kappa shape index (κ1) is 23.7. The average Bonchev–Trinajstić information content (AvgIpc) is 2.79. The van der Waals surface area contributed by atoms with Gasteiger partial charge in [-0.25, -0.2) is 4.39 Å². The third-order valence-corrected chi connectivity index (χ3v) is 5.14. The van der Waals surface area contributed by atoms with Crippen molar-refractivity contribution in [1.29, 1.82) is 0 Å². The summed E-state index contributed by atoms with van der Waals surface area (Å²) >= 11 is 0. The summed E-state index contributed by atoms with van der Waals surface area (Å²) in [7, 11) is 3.91. The molecule has 0 spiro atoms. The number of halogens is 1. The van der Waals surface area contributed by atoms with Gasteiger partial charge in [-0.05, 0) is 60.9 Å². The molecule has 0 unspecified atom stereocenters. The van der Waals surface area contributed by atoms with E-state index in [4.69, 9.17) is 4.74 Å². The van der Waals surface area contributed by atoms with Gasteiger partial charge >= 0.3 is 0 Å². The standard InChI is InChI=1S/C27H28FN3O2/c1-6-20(17-31(4)5)21-9-7-10-24(14-21)33-26-12-8-11-25(18(26)2)27(32)30-15-22-13-23(28)16-29-19(22)3/h6-14,16-17H,1,15H2,2-5H3,(H,30,32)/b20-17+. The summed E-state index contributed by atoms with van der Waals surface area (Å²) < 4.78 is 19.6. The largest absolute Gasteiger partial charge is 0.457 e. The number of aromatic nitrogens is 1. The molecule has 1 heterocycles. The van der Waals surface area contributed by atoms with Crippen LogP contribution in [0.5, 0.6) is 11.5 Å². The van der Waals surface area contributed by atoms with Crippen molar-refractivity contribution < 1.29 is 13.9 Å². The maximum absolute atomic E-state index is 13.5. The first-order valence-electron chi connectivity index (χ1n) is 10.6. The monoisotopic (exact) mass is 445 g/mol. The van der Waals surface area contributed by atoms with Gasteiger partial charge in [-0.1, -0.05) is 30.9 Å². The van der Waals surface area contributed by atoms with Gasteiger partial charge in [0.2, 0.25) is 0 Å². The maximum Gasteiger partial charge on any atom is 0.251 e. The third-order valence-electron chi connectivity index (χ3n) is 5.14. The number of rotatable bonds is 8. The number of hydrogen-bond donors (Lipinski definition) is 1. The van der Waals surface area contributed by atoms with E-state index in [-0.39, 0.29) is 12.5 Å². The van der Waals surface area contributed by atoms with Crippen molar-refractivity contribution in [2.24, 2.45) is 0 Å². The topological polar surface area (TPSA) is 54.5 Å². The van der Waals surface area contributed by atoms with Gasteiger partial charge in [0.05, 0.1) is 6.20 Å². The molecule has 0 saturated carbocycles. The normalized spacial score (nSPS) is 11.1. The van der Waals surface area contributed by atoms with Crippen LogP contribution in [-0.4, -0.2) is 29.9 Å². The van der Waals surface area contributed by atoms with Crippen molar-refractivity contribution in [3.63, 3.8) is 0 Å². The van der Waals surface area contributed by atoms with E-state index in [9.17, 15) is 9.18 Å². The summed E-state index contributed by atoms with van der Waals surface area (Å²) in [5, 5.41) is 2.84. The molecule has 6 heteroatoms. The molecule has 170 valence electrons. The van der Waals surface area contributed by atoms with Crippen LogP contribution in [0.2, 0.25) is 0 Å². The quantitative estimate of drug-likeness (QED) is 0.456. The smallest absolute Gasteiger partial charge is 0.251 e. The summed E-state index contributed by atoms with van der Waals surface area (Å²) in [5.74, 6) is 0.540. The number of aryl methyl sites for hydroxylation is 1. The maximum atomic E-state index is 13.5. The van der Waals surface area contributed by atoms with Gasteiger partial charge in [-0.2, -0.15) is 0 Å². The Hall–Kier alpha value is -3.93. The number of carbonyl (C=O) groups excluding carboxylic acids is 1.